The van der Waals surface area contributed by atoms with Crippen LogP contribution in [0.5, 0.6) is 11.5 Å². The molecule has 0 atom stereocenters. The fourth-order valence-corrected chi connectivity index (χ4v) is 4.01. The van der Waals surface area contributed by atoms with Gasteiger partial charge in [-0.15, -0.1) is 10.2 Å². The minimum atomic E-state index is -0.587. The second-order valence-corrected chi connectivity index (χ2v) is 9.04. The first-order valence-electron chi connectivity index (χ1n) is 9.82. The number of anilines is 1. The first-order chi connectivity index (χ1) is 15.8. The molecule has 1 N–H and O–H groups in total. The number of aromatic nitrogens is 2. The van der Waals surface area contributed by atoms with Crippen LogP contribution in [-0.4, -0.2) is 23.2 Å². The summed E-state index contributed by atoms with van der Waals surface area (Å²) in [7, 11) is 1.49. The van der Waals surface area contributed by atoms with E-state index in [0.29, 0.717) is 26.7 Å². The van der Waals surface area contributed by atoms with Gasteiger partial charge in [0.1, 0.15) is 29.1 Å². The predicted octanol–water partition coefficient (Wildman–Crippen LogP) is 5.70. The SMILES string of the molecule is COc1cc(/C=C(/C#N)C(=O)Nc2nnc(C(C)C)s2)cc(Br)c1OCc1ccc(F)cc1. The first kappa shape index (κ1) is 24.4. The first-order valence-corrected chi connectivity index (χ1v) is 11.4. The summed E-state index contributed by atoms with van der Waals surface area (Å²) in [5.74, 6) is 0.124. The Bertz CT molecular complexity index is 1220. The maximum atomic E-state index is 13.1. The number of carbonyl (C=O) groups is 1. The van der Waals surface area contributed by atoms with Crippen LogP contribution in [0.2, 0.25) is 0 Å². The molecule has 7 nitrogen and oxygen atoms in total. The summed E-state index contributed by atoms with van der Waals surface area (Å²) < 4.78 is 24.9. The average molecular weight is 531 g/mol. The molecule has 3 rings (SSSR count). The van der Waals surface area contributed by atoms with Gasteiger partial charge in [0.2, 0.25) is 5.13 Å². The van der Waals surface area contributed by atoms with Crippen molar-refractivity contribution >= 4 is 44.4 Å². The summed E-state index contributed by atoms with van der Waals surface area (Å²) in [5, 5.41) is 21.2. The lowest BCUT2D eigenvalue weighted by molar-refractivity contribution is -0.112. The van der Waals surface area contributed by atoms with Crippen LogP contribution in [0.1, 0.15) is 35.9 Å². The Morgan fingerprint density at radius 3 is 2.64 bits per heavy atom. The summed E-state index contributed by atoms with van der Waals surface area (Å²) in [6.45, 7) is 4.16. The topological polar surface area (TPSA) is 97.1 Å². The summed E-state index contributed by atoms with van der Waals surface area (Å²) in [6.07, 6.45) is 1.44. The van der Waals surface area contributed by atoms with E-state index in [1.165, 1.54) is 36.7 Å². The van der Waals surface area contributed by atoms with Crippen LogP contribution in [0.4, 0.5) is 9.52 Å². The van der Waals surface area contributed by atoms with Gasteiger partial charge in [-0.1, -0.05) is 37.3 Å². The predicted molar refractivity (Wildman–Crippen MR) is 128 cm³/mol. The fourth-order valence-electron chi connectivity index (χ4n) is 2.70. The lowest BCUT2D eigenvalue weighted by Crippen LogP contribution is -2.13. The van der Waals surface area contributed by atoms with E-state index in [1.807, 2.05) is 19.9 Å². The van der Waals surface area contributed by atoms with Crippen LogP contribution in [0.15, 0.2) is 46.4 Å². The van der Waals surface area contributed by atoms with Crippen molar-refractivity contribution in [1.29, 1.82) is 5.26 Å². The monoisotopic (exact) mass is 530 g/mol. The normalized spacial score (nSPS) is 11.2. The van der Waals surface area contributed by atoms with Crippen LogP contribution in [-0.2, 0) is 11.4 Å². The van der Waals surface area contributed by atoms with Gasteiger partial charge >= 0.3 is 0 Å². The van der Waals surface area contributed by atoms with Crippen LogP contribution >= 0.6 is 27.3 Å². The Morgan fingerprint density at radius 1 is 1.30 bits per heavy atom. The molecule has 0 fully saturated rings. The molecule has 0 aliphatic carbocycles. The van der Waals surface area contributed by atoms with E-state index in [0.717, 1.165) is 10.6 Å². The number of methoxy groups -OCH3 is 1. The van der Waals surface area contributed by atoms with Crippen molar-refractivity contribution < 1.29 is 18.7 Å². The van der Waals surface area contributed by atoms with Crippen molar-refractivity contribution in [2.75, 3.05) is 12.4 Å². The summed E-state index contributed by atoms with van der Waals surface area (Å²) in [5.41, 5.74) is 1.24. The van der Waals surface area contributed by atoms with Gasteiger partial charge < -0.3 is 9.47 Å². The zero-order valence-corrected chi connectivity index (χ0v) is 20.5. The van der Waals surface area contributed by atoms with Crippen molar-refractivity contribution in [3.8, 4) is 17.6 Å². The molecular weight excluding hydrogens is 511 g/mol. The highest BCUT2D eigenvalue weighted by Crippen LogP contribution is 2.38. The Morgan fingerprint density at radius 2 is 2.03 bits per heavy atom. The van der Waals surface area contributed by atoms with Gasteiger partial charge in [0.05, 0.1) is 11.6 Å². The molecule has 0 saturated carbocycles. The molecule has 0 unspecified atom stereocenters. The van der Waals surface area contributed by atoms with E-state index in [9.17, 15) is 14.4 Å². The molecular formula is C23H20BrFN4O3S. The molecule has 0 spiro atoms. The van der Waals surface area contributed by atoms with Crippen molar-refractivity contribution in [2.45, 2.75) is 26.4 Å². The quantitative estimate of drug-likeness (QED) is 0.296. The van der Waals surface area contributed by atoms with E-state index in [1.54, 1.807) is 24.3 Å². The molecule has 2 aromatic carbocycles. The number of amides is 1. The number of hydrogen-bond acceptors (Lipinski definition) is 7. The van der Waals surface area contributed by atoms with Gasteiger partial charge in [0.25, 0.3) is 5.91 Å². The molecule has 0 radical (unpaired) electrons. The maximum absolute atomic E-state index is 13.1. The van der Waals surface area contributed by atoms with Gasteiger partial charge in [-0.2, -0.15) is 5.26 Å². The van der Waals surface area contributed by atoms with Gasteiger partial charge in [0, 0.05) is 5.92 Å². The molecule has 33 heavy (non-hydrogen) atoms. The number of nitriles is 1. The third-order valence-corrected chi connectivity index (χ3v) is 6.11. The third-order valence-electron chi connectivity index (χ3n) is 4.38. The molecule has 0 saturated heterocycles. The summed E-state index contributed by atoms with van der Waals surface area (Å²) in [4.78, 5) is 12.6. The highest BCUT2D eigenvalue weighted by atomic mass is 79.9. The summed E-state index contributed by atoms with van der Waals surface area (Å²) in [6, 6.07) is 11.2. The molecule has 170 valence electrons. The van der Waals surface area contributed by atoms with E-state index in [4.69, 9.17) is 9.47 Å². The van der Waals surface area contributed by atoms with Crippen molar-refractivity contribution in [3.05, 3.63) is 68.4 Å². The minimum absolute atomic E-state index is 0.106. The highest BCUT2D eigenvalue weighted by Gasteiger charge is 2.16. The zero-order valence-electron chi connectivity index (χ0n) is 18.1. The zero-order chi connectivity index (χ0) is 24.0. The molecule has 1 heterocycles. The molecule has 1 amide bonds. The molecule has 0 aliphatic heterocycles. The minimum Gasteiger partial charge on any atom is -0.493 e. The van der Waals surface area contributed by atoms with Crippen LogP contribution in [0.3, 0.4) is 0 Å². The average Bonchev–Trinajstić information content (AvgIpc) is 3.26. The Hall–Kier alpha value is -3.29. The van der Waals surface area contributed by atoms with E-state index in [2.05, 4.69) is 31.4 Å². The molecule has 0 bridgehead atoms. The van der Waals surface area contributed by atoms with Gasteiger partial charge in [-0.05, 0) is 57.4 Å². The number of halogens is 2. The van der Waals surface area contributed by atoms with Gasteiger partial charge in [0.15, 0.2) is 11.5 Å². The fraction of sp³-hybridized carbons (Fsp3) is 0.217. The van der Waals surface area contributed by atoms with Crippen molar-refractivity contribution in [2.24, 2.45) is 0 Å². The van der Waals surface area contributed by atoms with Crippen LogP contribution in [0.25, 0.3) is 6.08 Å². The lowest BCUT2D eigenvalue weighted by atomic mass is 10.1. The van der Waals surface area contributed by atoms with E-state index >= 15 is 0 Å². The number of nitrogens with zero attached hydrogens (tertiary/aromatic N) is 3. The van der Waals surface area contributed by atoms with Gasteiger partial charge in [-0.25, -0.2) is 4.39 Å². The molecule has 1 aromatic heterocycles. The lowest BCUT2D eigenvalue weighted by Gasteiger charge is -2.14. The van der Waals surface area contributed by atoms with Crippen molar-refractivity contribution in [1.82, 2.24) is 10.2 Å². The van der Waals surface area contributed by atoms with E-state index in [-0.39, 0.29) is 23.9 Å². The standard InChI is InChI=1S/C23H20BrFN4O3S/c1-13(2)22-28-29-23(33-22)27-21(30)16(11-26)8-15-9-18(24)20(19(10-15)31-3)32-12-14-4-6-17(25)7-5-14/h4-10,13H,12H2,1-3H3,(H,27,29,30)/b16-8-. The van der Waals surface area contributed by atoms with Gasteiger partial charge in [-0.3, -0.25) is 10.1 Å². The molecule has 3 aromatic rings. The largest absolute Gasteiger partial charge is 0.493 e. The summed E-state index contributed by atoms with van der Waals surface area (Å²) >= 11 is 4.71. The number of hydrogen-bond donors (Lipinski definition) is 1. The van der Waals surface area contributed by atoms with Crippen molar-refractivity contribution in [3.63, 3.8) is 0 Å². The van der Waals surface area contributed by atoms with E-state index < -0.39 is 5.91 Å². The number of rotatable bonds is 8. The number of nitrogens with one attached hydrogen (secondary N) is 1. The Kier molecular flexibility index (Phi) is 8.14. The molecule has 10 heteroatoms. The Labute approximate surface area is 203 Å². The number of carbonyl (C=O) groups excluding carboxylic acids is 1. The number of benzene rings is 2. The maximum Gasteiger partial charge on any atom is 0.268 e. The van der Waals surface area contributed by atoms with Crippen LogP contribution in [0, 0.1) is 17.1 Å². The second-order valence-electron chi connectivity index (χ2n) is 7.17. The third kappa shape index (κ3) is 6.37. The van der Waals surface area contributed by atoms with Crippen LogP contribution < -0.4 is 14.8 Å². The number of ether oxygens (including phenoxy) is 2. The molecule has 0 aliphatic rings. The smallest absolute Gasteiger partial charge is 0.268 e. The highest BCUT2D eigenvalue weighted by molar-refractivity contribution is 9.10. The Balaban J connectivity index is 1.79. The second kappa shape index (κ2) is 11.0.